The van der Waals surface area contributed by atoms with Crippen LogP contribution in [0.1, 0.15) is 38.8 Å². The molecule has 1 saturated heterocycles. The molecule has 470 valence electrons. The van der Waals surface area contributed by atoms with Crippen molar-refractivity contribution in [3.63, 3.8) is 0 Å². The second kappa shape index (κ2) is 29.4. The molecule has 0 aliphatic carbocycles. The van der Waals surface area contributed by atoms with Crippen molar-refractivity contribution in [3.8, 4) is 136 Å². The maximum Gasteiger partial charge on any atom is 0.494 e. The molecule has 0 unspecified atom stereocenters. The number of nitriles is 2. The van der Waals surface area contributed by atoms with Gasteiger partial charge in [0.25, 0.3) is 0 Å². The van der Waals surface area contributed by atoms with E-state index in [2.05, 4.69) is 177 Å². The average molecular weight is 1330 g/mol. The van der Waals surface area contributed by atoms with Gasteiger partial charge in [-0.15, -0.1) is 0 Å². The van der Waals surface area contributed by atoms with Crippen LogP contribution in [0, 0.1) is 22.7 Å². The Morgan fingerprint density at radius 2 is 0.439 bits per heavy atom. The normalized spacial score (nSPS) is 12.6. The van der Waals surface area contributed by atoms with E-state index >= 15 is 0 Å². The lowest BCUT2D eigenvalue weighted by Crippen LogP contribution is -2.41. The van der Waals surface area contributed by atoms with Crippen LogP contribution in [0.2, 0.25) is 0 Å². The van der Waals surface area contributed by atoms with Gasteiger partial charge in [-0.25, -0.2) is 29.9 Å². The first kappa shape index (κ1) is 64.8. The molecule has 0 saturated carbocycles. The van der Waals surface area contributed by atoms with Gasteiger partial charge in [-0.2, -0.15) is 10.5 Å². The summed E-state index contributed by atoms with van der Waals surface area (Å²) in [6.45, 7) is 8.28. The Bertz CT molecular complexity index is 4970. The maximum atomic E-state index is 9.05. The van der Waals surface area contributed by atoms with Gasteiger partial charge in [-0.05, 0) is 125 Å². The van der Waals surface area contributed by atoms with E-state index in [1.165, 1.54) is 0 Å². The van der Waals surface area contributed by atoms with Crippen LogP contribution in [-0.4, -0.2) is 48.2 Å². The number of benzene rings is 12. The predicted octanol–water partition coefficient (Wildman–Crippen LogP) is 20.6. The highest BCUT2D eigenvalue weighted by atomic mass is 79.9. The third-order valence-corrected chi connectivity index (χ3v) is 18.0. The van der Waals surface area contributed by atoms with Crippen LogP contribution in [0.4, 0.5) is 0 Å². The van der Waals surface area contributed by atoms with Crippen LogP contribution in [0.15, 0.2) is 320 Å². The summed E-state index contributed by atoms with van der Waals surface area (Å²) in [5, 5.41) is 17.7. The number of nitrogens with zero attached hydrogens (tertiary/aromatic N) is 8. The minimum Gasteiger partial charge on any atom is -0.399 e. The quantitative estimate of drug-likeness (QED) is 0.108. The molecule has 12 aromatic carbocycles. The van der Waals surface area contributed by atoms with Crippen molar-refractivity contribution in [1.82, 2.24) is 29.9 Å². The van der Waals surface area contributed by atoms with E-state index in [0.717, 1.165) is 99.0 Å². The zero-order valence-electron chi connectivity index (χ0n) is 54.4. The van der Waals surface area contributed by atoms with E-state index < -0.39 is 0 Å². The van der Waals surface area contributed by atoms with Gasteiger partial charge in [-0.1, -0.05) is 295 Å². The largest absolute Gasteiger partial charge is 0.494 e. The topological polar surface area (TPSA) is 143 Å². The Morgan fingerprint density at radius 3 is 0.663 bits per heavy atom. The Morgan fingerprint density at radius 1 is 0.255 bits per heavy atom. The summed E-state index contributed by atoms with van der Waals surface area (Å²) in [6.07, 6.45) is 0. The summed E-state index contributed by atoms with van der Waals surface area (Å²) in [4.78, 5) is 28.9. The van der Waals surface area contributed by atoms with Gasteiger partial charge < -0.3 is 9.31 Å². The summed E-state index contributed by atoms with van der Waals surface area (Å²) in [5.41, 5.74) is 18.6. The van der Waals surface area contributed by atoms with Crippen molar-refractivity contribution in [2.75, 3.05) is 0 Å². The van der Waals surface area contributed by atoms with Crippen LogP contribution in [0.5, 0.6) is 0 Å². The van der Waals surface area contributed by atoms with E-state index in [1.54, 1.807) is 0 Å². The molecule has 1 aliphatic heterocycles. The number of rotatable bonds is 12. The number of halogens is 1. The zero-order valence-corrected chi connectivity index (χ0v) is 56.0. The average Bonchev–Trinajstić information content (AvgIpc) is 1.43. The lowest BCUT2D eigenvalue weighted by atomic mass is 9.78. The van der Waals surface area contributed by atoms with Crippen molar-refractivity contribution in [1.29, 1.82) is 10.5 Å². The molecule has 12 heteroatoms. The molecule has 0 spiro atoms. The van der Waals surface area contributed by atoms with Crippen molar-refractivity contribution in [3.05, 3.63) is 331 Å². The fraction of sp³-hybridized carbons (Fsp3) is 0.0698. The van der Waals surface area contributed by atoms with E-state index in [1.807, 2.05) is 194 Å². The number of aromatic nitrogens is 6. The van der Waals surface area contributed by atoms with E-state index in [-0.39, 0.29) is 18.3 Å². The van der Waals surface area contributed by atoms with Gasteiger partial charge >= 0.3 is 7.12 Å². The van der Waals surface area contributed by atoms with Crippen LogP contribution in [0.25, 0.3) is 124 Å². The second-order valence-corrected chi connectivity index (χ2v) is 25.4. The molecule has 98 heavy (non-hydrogen) atoms. The van der Waals surface area contributed by atoms with Gasteiger partial charge in [-0.3, -0.25) is 0 Å². The minimum atomic E-state index is -0.368. The van der Waals surface area contributed by atoms with Crippen molar-refractivity contribution in [2.24, 2.45) is 0 Å². The third kappa shape index (κ3) is 15.3. The summed E-state index contributed by atoms with van der Waals surface area (Å²) >= 11 is 3.40. The molecule has 0 bridgehead atoms. The first-order valence-corrected chi connectivity index (χ1v) is 33.0. The molecule has 3 heterocycles. The zero-order chi connectivity index (χ0) is 67.4. The van der Waals surface area contributed by atoms with Crippen molar-refractivity contribution < 1.29 is 9.31 Å². The van der Waals surface area contributed by atoms with Crippen LogP contribution in [0.3, 0.4) is 0 Å². The molecule has 0 amide bonds. The molecule has 2 aromatic heterocycles. The van der Waals surface area contributed by atoms with Gasteiger partial charge in [0, 0.05) is 37.9 Å². The molecular weight excluding hydrogens is 1270 g/mol. The molecule has 0 atom stereocenters. The molecule has 1 fully saturated rings. The van der Waals surface area contributed by atoms with Gasteiger partial charge in [0.1, 0.15) is 0 Å². The number of hydrogen-bond donors (Lipinski definition) is 0. The first-order valence-electron chi connectivity index (χ1n) is 32.2. The van der Waals surface area contributed by atoms with Crippen LogP contribution in [-0.2, 0) is 9.31 Å². The molecule has 0 N–H and O–H groups in total. The molecule has 10 nitrogen and oxygen atoms in total. The second-order valence-electron chi connectivity index (χ2n) is 24.5. The van der Waals surface area contributed by atoms with Crippen molar-refractivity contribution in [2.45, 2.75) is 38.9 Å². The monoisotopic (exact) mass is 1330 g/mol. The molecule has 1 aliphatic rings. The first-order chi connectivity index (χ1) is 47.8. The smallest absolute Gasteiger partial charge is 0.399 e. The van der Waals surface area contributed by atoms with E-state index in [0.29, 0.717) is 46.1 Å². The SMILES string of the molecule is CC1(C)OB(c2ccc(-c3ccc(-c4nc(-c5ccccc5)nc(-c5ccccc5)n4)cc3)cc2)OC1(C)C.N#Cc1ccc(-c2ccc(-c3ccc(-c4ccc(-c5nc(-c6ccccc6)nc(-c6ccccc6)n5)cc4)cc3)cc2)cc1.N#Cc1ccc(-c2ccc(Br)cc2)cc1. The van der Waals surface area contributed by atoms with Crippen molar-refractivity contribution >= 4 is 28.5 Å². The van der Waals surface area contributed by atoms with Crippen LogP contribution >= 0.6 is 15.9 Å². The Hall–Kier alpha value is -11.9. The summed E-state index contributed by atoms with van der Waals surface area (Å²) < 4.78 is 13.5. The van der Waals surface area contributed by atoms with Gasteiger partial charge in [0.15, 0.2) is 34.9 Å². The van der Waals surface area contributed by atoms with Gasteiger partial charge in [0.05, 0.1) is 34.5 Å². The molecule has 14 aromatic rings. The summed E-state index contributed by atoms with van der Waals surface area (Å²) in [6, 6.07) is 110. The molecule has 0 radical (unpaired) electrons. The highest BCUT2D eigenvalue weighted by Gasteiger charge is 2.51. The minimum absolute atomic E-state index is 0.359. The fourth-order valence-electron chi connectivity index (χ4n) is 11.1. The van der Waals surface area contributed by atoms with E-state index in [4.69, 9.17) is 49.7 Å². The summed E-state index contributed by atoms with van der Waals surface area (Å²) in [5.74, 6) is 3.90. The Labute approximate surface area is 580 Å². The Balaban J connectivity index is 0.000000146. The van der Waals surface area contributed by atoms with Crippen LogP contribution < -0.4 is 5.46 Å². The van der Waals surface area contributed by atoms with Gasteiger partial charge in [0.2, 0.25) is 0 Å². The maximum absolute atomic E-state index is 9.05. The summed E-state index contributed by atoms with van der Waals surface area (Å²) in [7, 11) is -0.368. The molecule has 15 rings (SSSR count). The number of hydrogen-bond acceptors (Lipinski definition) is 10. The van der Waals surface area contributed by atoms with E-state index in [9.17, 15) is 0 Å². The fourth-order valence-corrected chi connectivity index (χ4v) is 11.4. The lowest BCUT2D eigenvalue weighted by Gasteiger charge is -2.32. The third-order valence-electron chi connectivity index (χ3n) is 17.4. The predicted molar refractivity (Wildman–Crippen MR) is 399 cm³/mol. The lowest BCUT2D eigenvalue weighted by molar-refractivity contribution is 0.00578. The highest BCUT2D eigenvalue weighted by Crippen LogP contribution is 2.38. The standard InChI is InChI=1S/C40H26N4.C33H30BN3O2.C13H8BrN/c41-27-28-11-13-29(14-12-28)30-15-17-31(18-16-30)32-19-21-33(22-20-32)34-23-25-37(26-24-34)40-43-38(35-7-3-1-4-8-35)42-39(44-40)36-9-5-2-6-10-36;1-32(2)33(3,4)39-34(38-32)28-21-19-24(20-22-28)23-15-17-27(18-16-23)31-36-29(25-11-7-5-8-12-25)35-30(37-31)26-13-9-6-10-14-26;14-13-7-5-12(6-8-13)11-3-1-10(9-15)2-4-11/h1-26H;5-22H,1-4H3;1-8H. The highest BCUT2D eigenvalue weighted by molar-refractivity contribution is 9.10. The molecular formula is C86H64BBrN8O2. The Kier molecular flexibility index (Phi) is 19.4.